The SMILES string of the molecule is CCCC1(CNC(c2ccccc2)C2CC2)CC1. The molecule has 2 aliphatic carbocycles. The molecule has 1 N–H and O–H groups in total. The van der Waals surface area contributed by atoms with Gasteiger partial charge in [-0.25, -0.2) is 0 Å². The minimum atomic E-state index is 0.612. The van der Waals surface area contributed by atoms with Crippen LogP contribution in [0.1, 0.15) is 57.1 Å². The van der Waals surface area contributed by atoms with Crippen LogP contribution in [0.25, 0.3) is 0 Å². The summed E-state index contributed by atoms with van der Waals surface area (Å²) in [5.74, 6) is 0.893. The molecule has 1 atom stereocenters. The highest BCUT2D eigenvalue weighted by Gasteiger charge is 2.42. The van der Waals surface area contributed by atoms with Crippen molar-refractivity contribution in [3.8, 4) is 0 Å². The maximum Gasteiger partial charge on any atom is 0.0348 e. The normalized spacial score (nSPS) is 22.7. The molecule has 98 valence electrons. The highest BCUT2D eigenvalue weighted by atomic mass is 15.0. The van der Waals surface area contributed by atoms with Crippen LogP contribution in [0.15, 0.2) is 30.3 Å². The Hall–Kier alpha value is -0.820. The Bertz CT molecular complexity index is 376. The maximum atomic E-state index is 3.89. The van der Waals surface area contributed by atoms with Crippen LogP contribution in [0.2, 0.25) is 0 Å². The van der Waals surface area contributed by atoms with Crippen LogP contribution in [-0.2, 0) is 0 Å². The van der Waals surface area contributed by atoms with Crippen molar-refractivity contribution in [3.63, 3.8) is 0 Å². The Kier molecular flexibility index (Phi) is 3.43. The summed E-state index contributed by atoms with van der Waals surface area (Å²) in [7, 11) is 0. The zero-order valence-corrected chi connectivity index (χ0v) is 11.5. The molecule has 0 aliphatic heterocycles. The summed E-state index contributed by atoms with van der Waals surface area (Å²) >= 11 is 0. The average molecular weight is 243 g/mol. The van der Waals surface area contributed by atoms with Crippen molar-refractivity contribution in [2.75, 3.05) is 6.54 Å². The molecule has 18 heavy (non-hydrogen) atoms. The molecule has 1 aromatic rings. The lowest BCUT2D eigenvalue weighted by molar-refractivity contribution is 0.371. The third-order valence-electron chi connectivity index (χ3n) is 4.69. The van der Waals surface area contributed by atoms with Gasteiger partial charge in [-0.05, 0) is 49.0 Å². The van der Waals surface area contributed by atoms with Crippen LogP contribution in [0.4, 0.5) is 0 Å². The van der Waals surface area contributed by atoms with E-state index in [1.54, 1.807) is 0 Å². The molecule has 1 heteroatoms. The number of rotatable bonds is 7. The summed E-state index contributed by atoms with van der Waals surface area (Å²) in [5, 5.41) is 3.89. The fourth-order valence-electron chi connectivity index (χ4n) is 3.20. The molecule has 0 bridgehead atoms. The van der Waals surface area contributed by atoms with Gasteiger partial charge in [-0.3, -0.25) is 0 Å². The molecular weight excluding hydrogens is 218 g/mol. The van der Waals surface area contributed by atoms with Gasteiger partial charge in [0.25, 0.3) is 0 Å². The highest BCUT2D eigenvalue weighted by molar-refractivity contribution is 5.21. The molecule has 2 saturated carbocycles. The molecule has 1 unspecified atom stereocenters. The van der Waals surface area contributed by atoms with Gasteiger partial charge in [0, 0.05) is 12.6 Å². The van der Waals surface area contributed by atoms with E-state index in [4.69, 9.17) is 0 Å². The molecule has 2 aliphatic rings. The lowest BCUT2D eigenvalue weighted by Gasteiger charge is -2.23. The Morgan fingerprint density at radius 2 is 1.94 bits per heavy atom. The monoisotopic (exact) mass is 243 g/mol. The largest absolute Gasteiger partial charge is 0.309 e. The van der Waals surface area contributed by atoms with E-state index in [0.29, 0.717) is 11.5 Å². The van der Waals surface area contributed by atoms with Crippen molar-refractivity contribution in [3.05, 3.63) is 35.9 Å². The molecule has 0 heterocycles. The predicted molar refractivity (Wildman–Crippen MR) is 76.5 cm³/mol. The average Bonchev–Trinajstić information content (AvgIpc) is 3.28. The molecule has 1 nitrogen and oxygen atoms in total. The first-order valence-electron chi connectivity index (χ1n) is 7.61. The van der Waals surface area contributed by atoms with E-state index in [-0.39, 0.29) is 0 Å². The molecule has 3 rings (SSSR count). The zero-order valence-electron chi connectivity index (χ0n) is 11.5. The quantitative estimate of drug-likeness (QED) is 0.752. The van der Waals surface area contributed by atoms with E-state index in [9.17, 15) is 0 Å². The third kappa shape index (κ3) is 2.77. The van der Waals surface area contributed by atoms with Crippen LogP contribution < -0.4 is 5.32 Å². The van der Waals surface area contributed by atoms with E-state index in [1.165, 1.54) is 50.6 Å². The number of benzene rings is 1. The molecule has 0 saturated heterocycles. The van der Waals surface area contributed by atoms with Crippen LogP contribution >= 0.6 is 0 Å². The van der Waals surface area contributed by atoms with Gasteiger partial charge < -0.3 is 5.32 Å². The second-order valence-corrected chi connectivity index (χ2v) is 6.36. The highest BCUT2D eigenvalue weighted by Crippen LogP contribution is 2.50. The van der Waals surface area contributed by atoms with Crippen molar-refractivity contribution < 1.29 is 0 Å². The molecule has 0 amide bonds. The predicted octanol–water partition coefficient (Wildman–Crippen LogP) is 4.31. The summed E-state index contributed by atoms with van der Waals surface area (Å²) < 4.78 is 0. The lowest BCUT2D eigenvalue weighted by atomic mass is 9.97. The van der Waals surface area contributed by atoms with Crippen LogP contribution in [0.5, 0.6) is 0 Å². The van der Waals surface area contributed by atoms with Crippen molar-refractivity contribution in [2.24, 2.45) is 11.3 Å². The second-order valence-electron chi connectivity index (χ2n) is 6.36. The lowest BCUT2D eigenvalue weighted by Crippen LogP contribution is -2.29. The Morgan fingerprint density at radius 1 is 1.22 bits per heavy atom. The van der Waals surface area contributed by atoms with Gasteiger partial charge in [-0.1, -0.05) is 43.7 Å². The molecule has 0 aromatic heterocycles. The van der Waals surface area contributed by atoms with E-state index in [0.717, 1.165) is 5.92 Å². The topological polar surface area (TPSA) is 12.0 Å². The Balaban J connectivity index is 1.61. The fourth-order valence-corrected chi connectivity index (χ4v) is 3.20. The zero-order chi connectivity index (χ0) is 12.4. The first kappa shape index (κ1) is 12.2. The summed E-state index contributed by atoms with van der Waals surface area (Å²) in [6, 6.07) is 11.6. The molecule has 2 fully saturated rings. The van der Waals surface area contributed by atoms with Gasteiger partial charge in [-0.15, -0.1) is 0 Å². The molecule has 1 aromatic carbocycles. The first-order chi connectivity index (χ1) is 8.83. The van der Waals surface area contributed by atoms with Crippen molar-refractivity contribution in [1.29, 1.82) is 0 Å². The summed E-state index contributed by atoms with van der Waals surface area (Å²) in [6.45, 7) is 3.55. The van der Waals surface area contributed by atoms with Crippen molar-refractivity contribution in [1.82, 2.24) is 5.32 Å². The van der Waals surface area contributed by atoms with Crippen molar-refractivity contribution >= 4 is 0 Å². The van der Waals surface area contributed by atoms with Gasteiger partial charge >= 0.3 is 0 Å². The summed E-state index contributed by atoms with van der Waals surface area (Å²) in [6.07, 6.45) is 8.45. The summed E-state index contributed by atoms with van der Waals surface area (Å²) in [4.78, 5) is 0. The fraction of sp³-hybridized carbons (Fsp3) is 0.647. The van der Waals surface area contributed by atoms with Gasteiger partial charge in [0.2, 0.25) is 0 Å². The Labute approximate surface area is 111 Å². The minimum absolute atomic E-state index is 0.612. The molecule has 0 radical (unpaired) electrons. The van der Waals surface area contributed by atoms with Gasteiger partial charge in [0.05, 0.1) is 0 Å². The van der Waals surface area contributed by atoms with Gasteiger partial charge in [0.1, 0.15) is 0 Å². The molecular formula is C17H25N. The minimum Gasteiger partial charge on any atom is -0.309 e. The van der Waals surface area contributed by atoms with Crippen LogP contribution in [0.3, 0.4) is 0 Å². The van der Waals surface area contributed by atoms with E-state index >= 15 is 0 Å². The summed E-state index contributed by atoms with van der Waals surface area (Å²) in [5.41, 5.74) is 2.16. The second kappa shape index (κ2) is 5.05. The van der Waals surface area contributed by atoms with Gasteiger partial charge in [-0.2, -0.15) is 0 Å². The first-order valence-corrected chi connectivity index (χ1v) is 7.61. The van der Waals surface area contributed by atoms with E-state index in [2.05, 4.69) is 42.6 Å². The number of hydrogen-bond donors (Lipinski definition) is 1. The Morgan fingerprint density at radius 3 is 2.50 bits per heavy atom. The van der Waals surface area contributed by atoms with E-state index < -0.39 is 0 Å². The van der Waals surface area contributed by atoms with Gasteiger partial charge in [0.15, 0.2) is 0 Å². The maximum absolute atomic E-state index is 3.89. The van der Waals surface area contributed by atoms with Crippen molar-refractivity contribution in [2.45, 2.75) is 51.5 Å². The van der Waals surface area contributed by atoms with E-state index in [1.807, 2.05) is 0 Å². The van der Waals surface area contributed by atoms with Crippen LogP contribution in [0, 0.1) is 11.3 Å². The third-order valence-corrected chi connectivity index (χ3v) is 4.69. The molecule has 0 spiro atoms. The standard InChI is InChI=1S/C17H25N/c1-2-10-17(11-12-17)13-18-16(15-8-9-15)14-6-4-3-5-7-14/h3-7,15-16,18H,2,8-13H2,1H3. The van der Waals surface area contributed by atoms with Crippen LogP contribution in [-0.4, -0.2) is 6.54 Å². The number of nitrogens with one attached hydrogen (secondary N) is 1. The number of hydrogen-bond acceptors (Lipinski definition) is 1. The smallest absolute Gasteiger partial charge is 0.0348 e.